The van der Waals surface area contributed by atoms with Crippen LogP contribution in [0.15, 0.2) is 0 Å². The second kappa shape index (κ2) is 5.58. The Bertz CT molecular complexity index is 104. The SMILES string of the molecule is CCN[C@H](C)C1CCCCCC1. The molecule has 1 heteroatoms. The highest BCUT2D eigenvalue weighted by Gasteiger charge is 2.17. The van der Waals surface area contributed by atoms with Gasteiger partial charge in [-0.1, -0.05) is 32.6 Å². The maximum absolute atomic E-state index is 3.54. The summed E-state index contributed by atoms with van der Waals surface area (Å²) in [6.45, 7) is 5.67. The van der Waals surface area contributed by atoms with E-state index >= 15 is 0 Å². The zero-order valence-corrected chi connectivity index (χ0v) is 8.60. The van der Waals surface area contributed by atoms with Crippen LogP contribution in [0.2, 0.25) is 0 Å². The van der Waals surface area contributed by atoms with E-state index in [9.17, 15) is 0 Å². The minimum Gasteiger partial charge on any atom is -0.314 e. The second-order valence-corrected chi connectivity index (χ2v) is 4.10. The Morgan fingerprint density at radius 3 is 2.25 bits per heavy atom. The fourth-order valence-electron chi connectivity index (χ4n) is 2.30. The highest BCUT2D eigenvalue weighted by molar-refractivity contribution is 4.74. The highest BCUT2D eigenvalue weighted by Crippen LogP contribution is 2.25. The Labute approximate surface area is 76.9 Å². The molecule has 0 saturated heterocycles. The molecule has 0 heterocycles. The van der Waals surface area contributed by atoms with Crippen LogP contribution in [-0.4, -0.2) is 12.6 Å². The predicted octanol–water partition coefficient (Wildman–Crippen LogP) is 2.95. The van der Waals surface area contributed by atoms with E-state index in [0.29, 0.717) is 0 Å². The minimum absolute atomic E-state index is 0.744. The molecule has 0 bridgehead atoms. The first-order valence-corrected chi connectivity index (χ1v) is 5.58. The molecule has 0 radical (unpaired) electrons. The summed E-state index contributed by atoms with van der Waals surface area (Å²) < 4.78 is 0. The Hall–Kier alpha value is -0.0400. The molecule has 0 aromatic carbocycles. The molecule has 1 nitrogen and oxygen atoms in total. The molecule has 72 valence electrons. The molecule has 0 amide bonds. The third-order valence-electron chi connectivity index (χ3n) is 3.13. The van der Waals surface area contributed by atoms with Crippen LogP contribution < -0.4 is 5.32 Å². The lowest BCUT2D eigenvalue weighted by Gasteiger charge is -2.22. The molecule has 0 aromatic heterocycles. The third kappa shape index (κ3) is 3.14. The number of nitrogens with one attached hydrogen (secondary N) is 1. The van der Waals surface area contributed by atoms with E-state index in [1.54, 1.807) is 0 Å². The molecule has 1 atom stereocenters. The quantitative estimate of drug-likeness (QED) is 0.640. The van der Waals surface area contributed by atoms with Crippen LogP contribution in [0.3, 0.4) is 0 Å². The van der Waals surface area contributed by atoms with Crippen molar-refractivity contribution in [1.29, 1.82) is 0 Å². The summed E-state index contributed by atoms with van der Waals surface area (Å²) in [4.78, 5) is 0. The summed E-state index contributed by atoms with van der Waals surface area (Å²) in [5.74, 6) is 0.951. The lowest BCUT2D eigenvalue weighted by atomic mass is 9.93. The van der Waals surface area contributed by atoms with Gasteiger partial charge in [0, 0.05) is 6.04 Å². The molecule has 1 rings (SSSR count). The summed E-state index contributed by atoms with van der Waals surface area (Å²) in [7, 11) is 0. The summed E-state index contributed by atoms with van der Waals surface area (Å²) in [6.07, 6.45) is 8.76. The van der Waals surface area contributed by atoms with Gasteiger partial charge in [-0.15, -0.1) is 0 Å². The predicted molar refractivity (Wildman–Crippen MR) is 54.3 cm³/mol. The Balaban J connectivity index is 2.27. The van der Waals surface area contributed by atoms with Crippen molar-refractivity contribution in [2.45, 2.75) is 58.4 Å². The van der Waals surface area contributed by atoms with Crippen LogP contribution in [0.25, 0.3) is 0 Å². The van der Waals surface area contributed by atoms with Gasteiger partial charge < -0.3 is 5.32 Å². The van der Waals surface area contributed by atoms with Gasteiger partial charge in [-0.25, -0.2) is 0 Å². The van der Waals surface area contributed by atoms with Gasteiger partial charge in [-0.05, 0) is 32.2 Å². The first-order chi connectivity index (χ1) is 5.84. The topological polar surface area (TPSA) is 12.0 Å². The second-order valence-electron chi connectivity index (χ2n) is 4.10. The van der Waals surface area contributed by atoms with E-state index in [0.717, 1.165) is 18.5 Å². The fourth-order valence-corrected chi connectivity index (χ4v) is 2.30. The minimum atomic E-state index is 0.744. The maximum Gasteiger partial charge on any atom is 0.00668 e. The molecule has 1 N–H and O–H groups in total. The molecule has 1 fully saturated rings. The molecule has 0 aromatic rings. The van der Waals surface area contributed by atoms with E-state index in [2.05, 4.69) is 19.2 Å². The lowest BCUT2D eigenvalue weighted by molar-refractivity contribution is 0.343. The average molecular weight is 169 g/mol. The van der Waals surface area contributed by atoms with Gasteiger partial charge >= 0.3 is 0 Å². The monoisotopic (exact) mass is 169 g/mol. The van der Waals surface area contributed by atoms with E-state index in [1.165, 1.54) is 38.5 Å². The van der Waals surface area contributed by atoms with E-state index in [1.807, 2.05) is 0 Å². The summed E-state index contributed by atoms with van der Waals surface area (Å²) in [5.41, 5.74) is 0. The number of hydrogen-bond donors (Lipinski definition) is 1. The standard InChI is InChI=1S/C11H23N/c1-3-12-10(2)11-8-6-4-5-7-9-11/h10-12H,3-9H2,1-2H3/t10-/m1/s1. The van der Waals surface area contributed by atoms with Gasteiger partial charge in [-0.2, -0.15) is 0 Å². The molecule has 12 heavy (non-hydrogen) atoms. The van der Waals surface area contributed by atoms with Crippen molar-refractivity contribution in [3.05, 3.63) is 0 Å². The number of rotatable bonds is 3. The molecule has 1 aliphatic rings. The van der Waals surface area contributed by atoms with Gasteiger partial charge in [0.05, 0.1) is 0 Å². The summed E-state index contributed by atoms with van der Waals surface area (Å²) in [6, 6.07) is 0.744. The van der Waals surface area contributed by atoms with Gasteiger partial charge in [0.25, 0.3) is 0 Å². The maximum atomic E-state index is 3.54. The van der Waals surface area contributed by atoms with E-state index < -0.39 is 0 Å². The van der Waals surface area contributed by atoms with Gasteiger partial charge in [0.1, 0.15) is 0 Å². The Morgan fingerprint density at radius 2 is 1.75 bits per heavy atom. The molecular formula is C11H23N. The lowest BCUT2D eigenvalue weighted by Crippen LogP contribution is -2.33. The fraction of sp³-hybridized carbons (Fsp3) is 1.00. The zero-order valence-electron chi connectivity index (χ0n) is 8.60. The van der Waals surface area contributed by atoms with Crippen molar-refractivity contribution in [2.24, 2.45) is 5.92 Å². The first kappa shape index (κ1) is 10.0. The third-order valence-corrected chi connectivity index (χ3v) is 3.13. The van der Waals surface area contributed by atoms with Gasteiger partial charge in [-0.3, -0.25) is 0 Å². The van der Waals surface area contributed by atoms with Crippen molar-refractivity contribution in [3.8, 4) is 0 Å². The average Bonchev–Trinajstić information content (AvgIpc) is 2.32. The smallest absolute Gasteiger partial charge is 0.00668 e. The van der Waals surface area contributed by atoms with E-state index in [4.69, 9.17) is 0 Å². The van der Waals surface area contributed by atoms with Gasteiger partial charge in [0.2, 0.25) is 0 Å². The van der Waals surface area contributed by atoms with Crippen molar-refractivity contribution in [2.75, 3.05) is 6.54 Å². The highest BCUT2D eigenvalue weighted by atomic mass is 14.9. The molecular weight excluding hydrogens is 146 g/mol. The largest absolute Gasteiger partial charge is 0.314 e. The van der Waals surface area contributed by atoms with Crippen molar-refractivity contribution in [1.82, 2.24) is 5.32 Å². The van der Waals surface area contributed by atoms with Crippen LogP contribution in [0, 0.1) is 5.92 Å². The van der Waals surface area contributed by atoms with Crippen molar-refractivity contribution in [3.63, 3.8) is 0 Å². The van der Waals surface area contributed by atoms with Crippen LogP contribution >= 0.6 is 0 Å². The van der Waals surface area contributed by atoms with Crippen molar-refractivity contribution >= 4 is 0 Å². The Kier molecular flexibility index (Phi) is 4.67. The van der Waals surface area contributed by atoms with Crippen LogP contribution in [-0.2, 0) is 0 Å². The van der Waals surface area contributed by atoms with Crippen molar-refractivity contribution < 1.29 is 0 Å². The molecule has 0 spiro atoms. The van der Waals surface area contributed by atoms with Crippen LogP contribution in [0.5, 0.6) is 0 Å². The summed E-state index contributed by atoms with van der Waals surface area (Å²) in [5, 5.41) is 3.54. The first-order valence-electron chi connectivity index (χ1n) is 5.58. The summed E-state index contributed by atoms with van der Waals surface area (Å²) >= 11 is 0. The number of hydrogen-bond acceptors (Lipinski definition) is 1. The molecule has 0 unspecified atom stereocenters. The van der Waals surface area contributed by atoms with Gasteiger partial charge in [0.15, 0.2) is 0 Å². The van der Waals surface area contributed by atoms with Crippen LogP contribution in [0.4, 0.5) is 0 Å². The Morgan fingerprint density at radius 1 is 1.17 bits per heavy atom. The van der Waals surface area contributed by atoms with E-state index in [-0.39, 0.29) is 0 Å². The normalized spacial score (nSPS) is 23.5. The van der Waals surface area contributed by atoms with Crippen LogP contribution in [0.1, 0.15) is 52.4 Å². The zero-order chi connectivity index (χ0) is 8.81. The molecule has 1 aliphatic carbocycles. The molecule has 1 saturated carbocycles. The molecule has 0 aliphatic heterocycles.